The molecular weight excluding hydrogens is 438 g/mol. The number of rotatable bonds is 7. The van der Waals surface area contributed by atoms with Crippen molar-refractivity contribution < 1.29 is 4.74 Å². The summed E-state index contributed by atoms with van der Waals surface area (Å²) < 4.78 is 5.46. The van der Waals surface area contributed by atoms with Gasteiger partial charge < -0.3 is 9.72 Å². The molecule has 0 fully saturated rings. The van der Waals surface area contributed by atoms with Crippen molar-refractivity contribution in [1.82, 2.24) is 15.0 Å². The van der Waals surface area contributed by atoms with Gasteiger partial charge in [0.25, 0.3) is 0 Å². The van der Waals surface area contributed by atoms with Gasteiger partial charge in [0.1, 0.15) is 16.2 Å². The molecule has 0 saturated carbocycles. The van der Waals surface area contributed by atoms with Crippen LogP contribution in [0.1, 0.15) is 23.9 Å². The smallest absolute Gasteiger partial charge is 0.223 e. The Morgan fingerprint density at radius 1 is 1.23 bits per heavy atom. The van der Waals surface area contributed by atoms with Crippen molar-refractivity contribution in [2.75, 3.05) is 6.61 Å². The lowest BCUT2D eigenvalue weighted by Gasteiger charge is -2.08. The fourth-order valence-corrected chi connectivity index (χ4v) is 5.27. The van der Waals surface area contributed by atoms with Crippen LogP contribution in [0.2, 0.25) is 5.02 Å². The number of nitrogens with one attached hydrogen (secondary N) is 1. The van der Waals surface area contributed by atoms with E-state index in [1.165, 1.54) is 4.88 Å². The average molecular weight is 458 g/mol. The zero-order valence-electron chi connectivity index (χ0n) is 16.6. The van der Waals surface area contributed by atoms with Gasteiger partial charge in [-0.25, -0.2) is 9.97 Å². The molecule has 0 spiro atoms. The van der Waals surface area contributed by atoms with Crippen LogP contribution in [0.3, 0.4) is 0 Å². The number of nitrogens with zero attached hydrogens (tertiary/aromatic N) is 2. The maximum absolute atomic E-state index is 12.3. The van der Waals surface area contributed by atoms with E-state index in [2.05, 4.69) is 21.9 Å². The Balaban J connectivity index is 1.64. The first-order chi connectivity index (χ1) is 14.6. The standard InChI is InChI=1S/C22H20ClN3O2S2/c1-3-8-28-18-10-24-16(9-17(18)27)11-29-21-20-19(14-4-6-15(23)7-5-14)13(2)30-22(20)26-12-25-21/h4-7,9-10,12H,3,8,11H2,1-2H3,(H,24,27). The Bertz CT molecular complexity index is 1240. The molecule has 3 aromatic heterocycles. The van der Waals surface area contributed by atoms with Gasteiger partial charge in [0.2, 0.25) is 5.43 Å². The number of hydrogen-bond donors (Lipinski definition) is 1. The molecule has 5 nitrogen and oxygen atoms in total. The van der Waals surface area contributed by atoms with E-state index in [0.717, 1.165) is 38.5 Å². The van der Waals surface area contributed by atoms with Crippen LogP contribution in [-0.2, 0) is 5.75 Å². The molecule has 0 atom stereocenters. The normalized spacial score (nSPS) is 11.2. The molecule has 30 heavy (non-hydrogen) atoms. The Hall–Kier alpha value is -2.35. The highest BCUT2D eigenvalue weighted by molar-refractivity contribution is 7.98. The minimum Gasteiger partial charge on any atom is -0.488 e. The van der Waals surface area contributed by atoms with E-state index in [1.54, 1.807) is 41.7 Å². The molecule has 4 rings (SSSR count). The summed E-state index contributed by atoms with van der Waals surface area (Å²) in [6, 6.07) is 9.41. The van der Waals surface area contributed by atoms with E-state index >= 15 is 0 Å². The van der Waals surface area contributed by atoms with Gasteiger partial charge in [-0.2, -0.15) is 0 Å². The van der Waals surface area contributed by atoms with Crippen molar-refractivity contribution >= 4 is 44.9 Å². The summed E-state index contributed by atoms with van der Waals surface area (Å²) in [7, 11) is 0. The van der Waals surface area contributed by atoms with Gasteiger partial charge in [-0.3, -0.25) is 4.79 Å². The van der Waals surface area contributed by atoms with Crippen molar-refractivity contribution in [2.45, 2.75) is 31.0 Å². The maximum atomic E-state index is 12.3. The van der Waals surface area contributed by atoms with Gasteiger partial charge in [-0.1, -0.05) is 42.4 Å². The van der Waals surface area contributed by atoms with Crippen LogP contribution in [0.5, 0.6) is 5.75 Å². The maximum Gasteiger partial charge on any atom is 0.223 e. The molecule has 0 aliphatic heterocycles. The molecule has 154 valence electrons. The number of aryl methyl sites for hydroxylation is 1. The topological polar surface area (TPSA) is 67.9 Å². The Kier molecular flexibility index (Phi) is 6.41. The molecule has 3 heterocycles. The third-order valence-corrected chi connectivity index (χ3v) is 6.83. The number of ether oxygens (including phenoxy) is 1. The lowest BCUT2D eigenvalue weighted by atomic mass is 10.0. The average Bonchev–Trinajstić information content (AvgIpc) is 3.08. The molecule has 0 radical (unpaired) electrons. The summed E-state index contributed by atoms with van der Waals surface area (Å²) in [5.74, 6) is 0.943. The van der Waals surface area contributed by atoms with Gasteiger partial charge in [-0.05, 0) is 31.0 Å². The first kappa shape index (κ1) is 20.9. The van der Waals surface area contributed by atoms with Crippen molar-refractivity contribution in [3.05, 3.63) is 68.7 Å². The second kappa shape index (κ2) is 9.20. The molecule has 0 amide bonds. The third-order valence-electron chi connectivity index (χ3n) is 4.53. The monoisotopic (exact) mass is 457 g/mol. The highest BCUT2D eigenvalue weighted by Crippen LogP contribution is 2.41. The molecule has 1 aromatic carbocycles. The van der Waals surface area contributed by atoms with E-state index in [1.807, 2.05) is 31.2 Å². The van der Waals surface area contributed by atoms with E-state index in [4.69, 9.17) is 16.3 Å². The lowest BCUT2D eigenvalue weighted by molar-refractivity contribution is 0.313. The quantitative estimate of drug-likeness (QED) is 0.268. The van der Waals surface area contributed by atoms with Crippen LogP contribution in [-0.4, -0.2) is 21.6 Å². The molecule has 0 saturated heterocycles. The molecule has 4 aromatic rings. The van der Waals surface area contributed by atoms with Gasteiger partial charge in [0.05, 0.1) is 12.0 Å². The number of aromatic nitrogens is 3. The third kappa shape index (κ3) is 4.38. The van der Waals surface area contributed by atoms with Crippen molar-refractivity contribution in [2.24, 2.45) is 0 Å². The number of H-pyrrole nitrogens is 1. The van der Waals surface area contributed by atoms with Crippen molar-refractivity contribution in [3.8, 4) is 16.9 Å². The van der Waals surface area contributed by atoms with Gasteiger partial charge in [0, 0.05) is 39.2 Å². The van der Waals surface area contributed by atoms with Gasteiger partial charge in [0.15, 0.2) is 5.75 Å². The Morgan fingerprint density at radius 2 is 2.03 bits per heavy atom. The highest BCUT2D eigenvalue weighted by atomic mass is 35.5. The summed E-state index contributed by atoms with van der Waals surface area (Å²) in [5.41, 5.74) is 2.93. The number of fused-ring (bicyclic) bond motifs is 1. The Labute approximate surface area is 187 Å². The molecule has 8 heteroatoms. The van der Waals surface area contributed by atoms with E-state index < -0.39 is 0 Å². The predicted molar refractivity (Wildman–Crippen MR) is 125 cm³/mol. The number of hydrogen-bond acceptors (Lipinski definition) is 6. The Morgan fingerprint density at radius 3 is 2.77 bits per heavy atom. The summed E-state index contributed by atoms with van der Waals surface area (Å²) in [4.78, 5) is 26.5. The molecular formula is C22H20ClN3O2S2. The van der Waals surface area contributed by atoms with Crippen LogP contribution in [0.25, 0.3) is 21.3 Å². The van der Waals surface area contributed by atoms with Crippen LogP contribution in [0.15, 0.2) is 52.7 Å². The summed E-state index contributed by atoms with van der Waals surface area (Å²) in [6.07, 6.45) is 4.09. The van der Waals surface area contributed by atoms with Crippen LogP contribution in [0.4, 0.5) is 0 Å². The van der Waals surface area contributed by atoms with Crippen molar-refractivity contribution in [1.29, 1.82) is 0 Å². The number of thiophene rings is 1. The fraction of sp³-hybridized carbons (Fsp3) is 0.227. The largest absolute Gasteiger partial charge is 0.488 e. The SMILES string of the molecule is CCCOc1c[nH]c(CSc2ncnc3sc(C)c(-c4ccc(Cl)cc4)c23)cc1=O. The number of halogens is 1. The molecule has 0 bridgehead atoms. The molecule has 0 aliphatic rings. The molecule has 1 N–H and O–H groups in total. The number of thioether (sulfide) groups is 1. The summed E-state index contributed by atoms with van der Waals surface area (Å²) in [5, 5.41) is 2.64. The highest BCUT2D eigenvalue weighted by Gasteiger charge is 2.17. The van der Waals surface area contributed by atoms with Crippen LogP contribution < -0.4 is 10.2 Å². The number of benzene rings is 1. The second-order valence-corrected chi connectivity index (χ2v) is 9.33. The minimum atomic E-state index is -0.112. The summed E-state index contributed by atoms with van der Waals surface area (Å²) >= 11 is 9.30. The first-order valence-electron chi connectivity index (χ1n) is 9.54. The minimum absolute atomic E-state index is 0.112. The fourth-order valence-electron chi connectivity index (χ4n) is 3.15. The van der Waals surface area contributed by atoms with Crippen LogP contribution >= 0.6 is 34.7 Å². The zero-order valence-corrected chi connectivity index (χ0v) is 19.0. The van der Waals surface area contributed by atoms with Gasteiger partial charge >= 0.3 is 0 Å². The second-order valence-electron chi connectivity index (χ2n) is 6.72. The number of pyridine rings is 1. The summed E-state index contributed by atoms with van der Waals surface area (Å²) in [6.45, 7) is 4.63. The molecule has 0 aliphatic carbocycles. The van der Waals surface area contributed by atoms with Crippen LogP contribution in [0, 0.1) is 6.92 Å². The van der Waals surface area contributed by atoms with Crippen molar-refractivity contribution in [3.63, 3.8) is 0 Å². The zero-order chi connectivity index (χ0) is 21.1. The van der Waals surface area contributed by atoms with E-state index in [-0.39, 0.29) is 5.43 Å². The van der Waals surface area contributed by atoms with E-state index in [0.29, 0.717) is 23.1 Å². The first-order valence-corrected chi connectivity index (χ1v) is 11.7. The van der Waals surface area contributed by atoms with Gasteiger partial charge in [-0.15, -0.1) is 11.3 Å². The number of aromatic amines is 1. The lowest BCUT2D eigenvalue weighted by Crippen LogP contribution is -2.09. The predicted octanol–water partition coefficient (Wildman–Crippen LogP) is 6.09. The van der Waals surface area contributed by atoms with E-state index in [9.17, 15) is 4.79 Å². The molecule has 0 unspecified atom stereocenters.